The Kier molecular flexibility index (Phi) is 6.45. The van der Waals surface area contributed by atoms with Gasteiger partial charge in [-0.05, 0) is 45.0 Å². The van der Waals surface area contributed by atoms with Crippen molar-refractivity contribution in [1.82, 2.24) is 20.0 Å². The van der Waals surface area contributed by atoms with Crippen molar-refractivity contribution in [3.63, 3.8) is 0 Å². The molecule has 0 saturated carbocycles. The highest BCUT2D eigenvalue weighted by atomic mass is 16.2. The first kappa shape index (κ1) is 18.4. The van der Waals surface area contributed by atoms with E-state index in [1.54, 1.807) is 0 Å². The van der Waals surface area contributed by atoms with Crippen molar-refractivity contribution >= 4 is 5.91 Å². The van der Waals surface area contributed by atoms with Crippen molar-refractivity contribution in [3.05, 3.63) is 35.9 Å². The van der Waals surface area contributed by atoms with Crippen LogP contribution in [0.5, 0.6) is 0 Å². The fourth-order valence-corrected chi connectivity index (χ4v) is 4.12. The summed E-state index contributed by atoms with van der Waals surface area (Å²) in [4.78, 5) is 20.3. The number of likely N-dealkylation sites (N-methyl/N-ethyl adjacent to an activating group) is 1. The van der Waals surface area contributed by atoms with Gasteiger partial charge in [-0.25, -0.2) is 0 Å². The number of amides is 1. The zero-order chi connectivity index (χ0) is 17.6. The van der Waals surface area contributed by atoms with Crippen LogP contribution in [0.3, 0.4) is 0 Å². The Hall–Kier alpha value is -1.43. The summed E-state index contributed by atoms with van der Waals surface area (Å²) in [5.74, 6) is 0.864. The quantitative estimate of drug-likeness (QED) is 0.877. The Morgan fingerprint density at radius 2 is 1.88 bits per heavy atom. The van der Waals surface area contributed by atoms with Gasteiger partial charge in [-0.3, -0.25) is 9.69 Å². The molecule has 2 unspecified atom stereocenters. The lowest BCUT2D eigenvalue weighted by atomic mass is 9.95. The summed E-state index contributed by atoms with van der Waals surface area (Å²) in [5, 5.41) is 3.27. The number of nitrogens with one attached hydrogen (secondary N) is 1. The second-order valence-corrected chi connectivity index (χ2v) is 7.50. The molecule has 0 aliphatic carbocycles. The molecule has 3 rings (SSSR count). The molecule has 138 valence electrons. The minimum absolute atomic E-state index is 0.136. The van der Waals surface area contributed by atoms with E-state index in [9.17, 15) is 4.79 Å². The summed E-state index contributed by atoms with van der Waals surface area (Å²) >= 11 is 0. The first-order valence-electron chi connectivity index (χ1n) is 9.60. The molecule has 2 fully saturated rings. The van der Waals surface area contributed by atoms with Crippen molar-refractivity contribution < 1.29 is 4.79 Å². The van der Waals surface area contributed by atoms with Crippen LogP contribution in [0.25, 0.3) is 0 Å². The monoisotopic (exact) mass is 344 g/mol. The van der Waals surface area contributed by atoms with Crippen LogP contribution >= 0.6 is 0 Å². The second kappa shape index (κ2) is 8.79. The molecule has 2 atom stereocenters. The number of piperazine rings is 1. The summed E-state index contributed by atoms with van der Waals surface area (Å²) in [6.45, 7) is 6.74. The molecule has 5 heteroatoms. The molecule has 0 spiro atoms. The highest BCUT2D eigenvalue weighted by Gasteiger charge is 2.34. The number of rotatable bonds is 5. The highest BCUT2D eigenvalue weighted by Crippen LogP contribution is 2.27. The smallest absolute Gasteiger partial charge is 0.244 e. The standard InChI is InChI=1S/C20H32N4O/c1-21-15-17-7-6-10-24(16-17)20(25)19(18-8-4-3-5-9-18)23-13-11-22(2)12-14-23/h3-5,8-9,17,19,21H,6-7,10-16H2,1-2H3. The van der Waals surface area contributed by atoms with E-state index in [0.717, 1.165) is 57.8 Å². The van der Waals surface area contributed by atoms with Crippen LogP contribution in [0.15, 0.2) is 30.3 Å². The predicted molar refractivity (Wildman–Crippen MR) is 101 cm³/mol. The van der Waals surface area contributed by atoms with Gasteiger partial charge in [0.1, 0.15) is 6.04 Å². The third-order valence-corrected chi connectivity index (χ3v) is 5.58. The summed E-state index contributed by atoms with van der Waals surface area (Å²) in [6.07, 6.45) is 2.33. The minimum atomic E-state index is -0.136. The van der Waals surface area contributed by atoms with Crippen LogP contribution in [0.1, 0.15) is 24.4 Å². The largest absolute Gasteiger partial charge is 0.341 e. The van der Waals surface area contributed by atoms with Crippen molar-refractivity contribution in [2.24, 2.45) is 5.92 Å². The lowest BCUT2D eigenvalue weighted by Gasteiger charge is -2.41. The Morgan fingerprint density at radius 3 is 2.56 bits per heavy atom. The lowest BCUT2D eigenvalue weighted by molar-refractivity contribution is -0.140. The predicted octanol–water partition coefficient (Wildman–Crippen LogP) is 1.43. The van der Waals surface area contributed by atoms with Gasteiger partial charge in [-0.1, -0.05) is 30.3 Å². The fourth-order valence-electron chi connectivity index (χ4n) is 4.12. The Balaban J connectivity index is 1.77. The number of hydrogen-bond acceptors (Lipinski definition) is 4. The van der Waals surface area contributed by atoms with Gasteiger partial charge in [0.25, 0.3) is 0 Å². The molecule has 2 aliphatic rings. The molecule has 1 aromatic carbocycles. The summed E-state index contributed by atoms with van der Waals surface area (Å²) in [7, 11) is 4.15. The molecule has 1 aromatic rings. The van der Waals surface area contributed by atoms with E-state index in [1.165, 1.54) is 6.42 Å². The topological polar surface area (TPSA) is 38.8 Å². The van der Waals surface area contributed by atoms with Crippen molar-refractivity contribution in [1.29, 1.82) is 0 Å². The van der Waals surface area contributed by atoms with Gasteiger partial charge in [0, 0.05) is 39.3 Å². The van der Waals surface area contributed by atoms with Crippen molar-refractivity contribution in [3.8, 4) is 0 Å². The SMILES string of the molecule is CNCC1CCCN(C(=O)C(c2ccccc2)N2CCN(C)CC2)C1. The second-order valence-electron chi connectivity index (χ2n) is 7.50. The molecule has 1 amide bonds. The molecule has 25 heavy (non-hydrogen) atoms. The van der Waals surface area contributed by atoms with Gasteiger partial charge in [0.05, 0.1) is 0 Å². The van der Waals surface area contributed by atoms with Gasteiger partial charge >= 0.3 is 0 Å². The van der Waals surface area contributed by atoms with Crippen LogP contribution < -0.4 is 5.32 Å². The maximum atomic E-state index is 13.5. The molecule has 2 aliphatic heterocycles. The lowest BCUT2D eigenvalue weighted by Crippen LogP contribution is -2.52. The van der Waals surface area contributed by atoms with E-state index in [4.69, 9.17) is 0 Å². The Bertz CT molecular complexity index is 540. The van der Waals surface area contributed by atoms with Crippen molar-refractivity contribution in [2.75, 3.05) is 59.9 Å². The zero-order valence-electron chi connectivity index (χ0n) is 15.7. The van der Waals surface area contributed by atoms with Crippen LogP contribution in [0.4, 0.5) is 0 Å². The molecule has 0 radical (unpaired) electrons. The van der Waals surface area contributed by atoms with Crippen molar-refractivity contribution in [2.45, 2.75) is 18.9 Å². The number of hydrogen-bond donors (Lipinski definition) is 1. The molecular formula is C20H32N4O. The number of nitrogens with zero attached hydrogens (tertiary/aromatic N) is 3. The third-order valence-electron chi connectivity index (χ3n) is 5.58. The fraction of sp³-hybridized carbons (Fsp3) is 0.650. The van der Waals surface area contributed by atoms with Crippen LogP contribution in [0.2, 0.25) is 0 Å². The first-order valence-corrected chi connectivity index (χ1v) is 9.60. The normalized spacial score (nSPS) is 24.2. The van der Waals surface area contributed by atoms with Crippen LogP contribution in [-0.2, 0) is 4.79 Å². The minimum Gasteiger partial charge on any atom is -0.341 e. The maximum absolute atomic E-state index is 13.5. The molecular weight excluding hydrogens is 312 g/mol. The summed E-state index contributed by atoms with van der Waals surface area (Å²) < 4.78 is 0. The number of likely N-dealkylation sites (tertiary alicyclic amines) is 1. The number of carbonyl (C=O) groups excluding carboxylic acids is 1. The van der Waals surface area contributed by atoms with Gasteiger partial charge in [-0.15, -0.1) is 0 Å². The molecule has 2 saturated heterocycles. The van der Waals surface area contributed by atoms with E-state index in [2.05, 4.69) is 39.2 Å². The highest BCUT2D eigenvalue weighted by molar-refractivity contribution is 5.83. The van der Waals surface area contributed by atoms with E-state index in [0.29, 0.717) is 5.92 Å². The average Bonchev–Trinajstić information content (AvgIpc) is 2.65. The molecule has 0 aromatic heterocycles. The summed E-state index contributed by atoms with van der Waals surface area (Å²) in [5.41, 5.74) is 1.13. The summed E-state index contributed by atoms with van der Waals surface area (Å²) in [6, 6.07) is 10.2. The maximum Gasteiger partial charge on any atom is 0.244 e. The van der Waals surface area contributed by atoms with E-state index in [1.807, 2.05) is 25.2 Å². The molecule has 5 nitrogen and oxygen atoms in total. The van der Waals surface area contributed by atoms with E-state index >= 15 is 0 Å². The number of piperidine rings is 1. The number of carbonyl (C=O) groups is 1. The van der Waals surface area contributed by atoms with Gasteiger partial charge in [-0.2, -0.15) is 0 Å². The van der Waals surface area contributed by atoms with Gasteiger partial charge in [0.15, 0.2) is 0 Å². The number of benzene rings is 1. The van der Waals surface area contributed by atoms with Gasteiger partial charge < -0.3 is 15.1 Å². The van der Waals surface area contributed by atoms with Gasteiger partial charge in [0.2, 0.25) is 5.91 Å². The Morgan fingerprint density at radius 1 is 1.16 bits per heavy atom. The zero-order valence-corrected chi connectivity index (χ0v) is 15.7. The molecule has 1 N–H and O–H groups in total. The van der Waals surface area contributed by atoms with E-state index < -0.39 is 0 Å². The van der Waals surface area contributed by atoms with Crippen LogP contribution in [0, 0.1) is 5.92 Å². The third kappa shape index (κ3) is 4.60. The molecule has 2 heterocycles. The average molecular weight is 345 g/mol. The van der Waals surface area contributed by atoms with Crippen LogP contribution in [-0.4, -0.2) is 80.5 Å². The Labute approximate surface area is 152 Å². The van der Waals surface area contributed by atoms with E-state index in [-0.39, 0.29) is 11.9 Å². The first-order chi connectivity index (χ1) is 12.2. The molecule has 0 bridgehead atoms.